The highest BCUT2D eigenvalue weighted by Crippen LogP contribution is 2.55. The zero-order valence-electron chi connectivity index (χ0n) is 21.3. The number of amides is 1. The Morgan fingerprint density at radius 2 is 1.86 bits per heavy atom. The quantitative estimate of drug-likeness (QED) is 0.449. The Balaban J connectivity index is 1.40. The molecule has 0 saturated heterocycles. The largest absolute Gasteiger partial charge is 0.481 e. The number of anilines is 1. The number of nitrogens with one attached hydrogen (secondary N) is 1. The van der Waals surface area contributed by atoms with Gasteiger partial charge in [0.1, 0.15) is 5.76 Å². The lowest BCUT2D eigenvalue weighted by atomic mass is 9.69. The van der Waals surface area contributed by atoms with Crippen molar-refractivity contribution in [2.24, 2.45) is 23.7 Å². The number of hydrogen-bond donors (Lipinski definition) is 2. The molecule has 3 atom stereocenters. The van der Waals surface area contributed by atoms with Crippen LogP contribution in [-0.2, 0) is 9.59 Å². The fourth-order valence-electron chi connectivity index (χ4n) is 6.49. The second-order valence-corrected chi connectivity index (χ2v) is 11.8. The molecular formula is C29H38N2O4. The molecule has 0 unspecified atom stereocenters. The number of hydrogen-bond acceptors (Lipinski definition) is 4. The van der Waals surface area contributed by atoms with E-state index in [1.165, 1.54) is 12.0 Å². The molecule has 0 aliphatic heterocycles. The third-order valence-corrected chi connectivity index (χ3v) is 8.42. The van der Waals surface area contributed by atoms with Gasteiger partial charge < -0.3 is 14.9 Å². The highest BCUT2D eigenvalue weighted by molar-refractivity contribution is 5.94. The Morgan fingerprint density at radius 3 is 2.49 bits per heavy atom. The first-order valence-corrected chi connectivity index (χ1v) is 13.3. The molecule has 2 N–H and O–H groups in total. The maximum atomic E-state index is 13.5. The molecule has 188 valence electrons. The van der Waals surface area contributed by atoms with Crippen LogP contribution in [0.1, 0.15) is 105 Å². The molecular weight excluding hydrogens is 440 g/mol. The summed E-state index contributed by atoms with van der Waals surface area (Å²) in [4.78, 5) is 25.4. The summed E-state index contributed by atoms with van der Waals surface area (Å²) in [5, 5.41) is 17.5. The minimum atomic E-state index is -0.830. The maximum Gasteiger partial charge on any atom is 0.306 e. The molecule has 0 spiro atoms. The molecule has 3 aliphatic carbocycles. The van der Waals surface area contributed by atoms with Crippen LogP contribution >= 0.6 is 0 Å². The zero-order valence-corrected chi connectivity index (χ0v) is 21.3. The van der Waals surface area contributed by atoms with Crippen LogP contribution in [-0.4, -0.2) is 22.1 Å². The molecule has 1 amide bonds. The second kappa shape index (κ2) is 9.44. The molecule has 3 saturated carbocycles. The van der Waals surface area contributed by atoms with Crippen molar-refractivity contribution >= 4 is 17.6 Å². The lowest BCUT2D eigenvalue weighted by Crippen LogP contribution is -2.26. The number of nitrogens with zero attached hydrogens (tertiary/aromatic N) is 1. The fourth-order valence-corrected chi connectivity index (χ4v) is 6.49. The van der Waals surface area contributed by atoms with Gasteiger partial charge in [0.25, 0.3) is 0 Å². The van der Waals surface area contributed by atoms with Gasteiger partial charge in [-0.15, -0.1) is 0 Å². The number of carboxylic acid groups (broad SMARTS) is 1. The summed E-state index contributed by atoms with van der Waals surface area (Å²) < 4.78 is 6.01. The molecule has 1 heterocycles. The minimum absolute atomic E-state index is 0.113. The topological polar surface area (TPSA) is 92.4 Å². The summed E-state index contributed by atoms with van der Waals surface area (Å²) in [6, 6.07) is 5.95. The predicted octanol–water partition coefficient (Wildman–Crippen LogP) is 6.54. The van der Waals surface area contributed by atoms with Crippen LogP contribution in [0.3, 0.4) is 0 Å². The van der Waals surface area contributed by atoms with Crippen LogP contribution in [0.4, 0.5) is 5.69 Å². The van der Waals surface area contributed by atoms with Crippen LogP contribution in [0.5, 0.6) is 0 Å². The monoisotopic (exact) mass is 478 g/mol. The lowest BCUT2D eigenvalue weighted by molar-refractivity contribution is -0.141. The van der Waals surface area contributed by atoms with Crippen LogP contribution < -0.4 is 5.32 Å². The third kappa shape index (κ3) is 4.89. The highest BCUT2D eigenvalue weighted by atomic mass is 16.5. The molecule has 3 aliphatic rings. The van der Waals surface area contributed by atoms with Crippen molar-refractivity contribution in [2.45, 2.75) is 90.4 Å². The number of benzene rings is 1. The lowest BCUT2D eigenvalue weighted by Gasteiger charge is -2.35. The molecule has 0 radical (unpaired) electrons. The van der Waals surface area contributed by atoms with E-state index in [1.807, 2.05) is 32.0 Å². The first-order valence-electron chi connectivity index (χ1n) is 13.3. The average Bonchev–Trinajstić information content (AvgIpc) is 3.35. The van der Waals surface area contributed by atoms with Gasteiger partial charge in [0.2, 0.25) is 5.91 Å². The first-order chi connectivity index (χ1) is 16.7. The SMILES string of the molecule is Cc1ccc(NC(=O)[C@H]2C[C@@H](C(=O)O)C[C@@H]2c2noc(C3CC(CC(C)C)C3)c2C2CC2)c(C)c1. The van der Waals surface area contributed by atoms with E-state index in [0.717, 1.165) is 59.9 Å². The number of aromatic nitrogens is 1. The van der Waals surface area contributed by atoms with Crippen LogP contribution in [0.15, 0.2) is 22.7 Å². The van der Waals surface area contributed by atoms with Gasteiger partial charge in [0.15, 0.2) is 0 Å². The van der Waals surface area contributed by atoms with E-state index in [1.54, 1.807) is 0 Å². The number of aliphatic carboxylic acids is 1. The van der Waals surface area contributed by atoms with Crippen molar-refractivity contribution in [3.8, 4) is 0 Å². The summed E-state index contributed by atoms with van der Waals surface area (Å²) in [7, 11) is 0. The predicted molar refractivity (Wildman–Crippen MR) is 135 cm³/mol. The van der Waals surface area contributed by atoms with Gasteiger partial charge >= 0.3 is 5.97 Å². The van der Waals surface area contributed by atoms with Gasteiger partial charge in [0, 0.05) is 29.0 Å². The van der Waals surface area contributed by atoms with Crippen molar-refractivity contribution in [3.05, 3.63) is 46.3 Å². The Kier molecular flexibility index (Phi) is 6.49. The summed E-state index contributed by atoms with van der Waals surface area (Å²) in [6.07, 6.45) is 6.56. The van der Waals surface area contributed by atoms with Crippen molar-refractivity contribution < 1.29 is 19.2 Å². The fraction of sp³-hybridized carbons (Fsp3) is 0.621. The van der Waals surface area contributed by atoms with Gasteiger partial charge in [-0.05, 0) is 88.2 Å². The van der Waals surface area contributed by atoms with E-state index in [-0.39, 0.29) is 11.8 Å². The Labute approximate surface area is 207 Å². The van der Waals surface area contributed by atoms with E-state index >= 15 is 0 Å². The number of carbonyl (C=O) groups is 2. The molecule has 6 nitrogen and oxygen atoms in total. The van der Waals surface area contributed by atoms with E-state index < -0.39 is 17.8 Å². The van der Waals surface area contributed by atoms with E-state index in [0.29, 0.717) is 30.6 Å². The van der Waals surface area contributed by atoms with Crippen molar-refractivity contribution in [1.29, 1.82) is 0 Å². The molecule has 1 aromatic carbocycles. The van der Waals surface area contributed by atoms with Crippen LogP contribution in [0.2, 0.25) is 0 Å². The smallest absolute Gasteiger partial charge is 0.306 e. The molecule has 6 heteroatoms. The Morgan fingerprint density at radius 1 is 1.11 bits per heavy atom. The second-order valence-electron chi connectivity index (χ2n) is 11.8. The normalized spacial score (nSPS) is 28.2. The van der Waals surface area contributed by atoms with Gasteiger partial charge in [-0.2, -0.15) is 0 Å². The van der Waals surface area contributed by atoms with Crippen molar-refractivity contribution in [3.63, 3.8) is 0 Å². The van der Waals surface area contributed by atoms with E-state index in [2.05, 4.69) is 24.3 Å². The number of carbonyl (C=O) groups excluding carboxylic acids is 1. The molecule has 1 aromatic heterocycles. The van der Waals surface area contributed by atoms with E-state index in [4.69, 9.17) is 4.52 Å². The van der Waals surface area contributed by atoms with Crippen molar-refractivity contribution in [2.75, 3.05) is 5.32 Å². The van der Waals surface area contributed by atoms with Gasteiger partial charge in [0.05, 0.1) is 11.6 Å². The highest BCUT2D eigenvalue weighted by Gasteiger charge is 2.48. The van der Waals surface area contributed by atoms with E-state index in [9.17, 15) is 14.7 Å². The first kappa shape index (κ1) is 24.1. The molecule has 2 aromatic rings. The number of carboxylic acids is 1. The summed E-state index contributed by atoms with van der Waals surface area (Å²) >= 11 is 0. The van der Waals surface area contributed by atoms with Gasteiger partial charge in [-0.3, -0.25) is 9.59 Å². The molecule has 35 heavy (non-hydrogen) atoms. The number of aryl methyl sites for hydroxylation is 2. The standard InChI is InChI=1S/C29H38N2O4/c1-15(2)9-18-11-20(12-18)27-25(19-6-7-19)26(31-35-27)22-13-21(29(33)34)14-23(22)28(32)30-24-8-5-16(3)10-17(24)4/h5,8,10,15,18-23H,6-7,9,11-14H2,1-4H3,(H,30,32)(H,33,34)/t18?,20?,21-,22-,23-/m0/s1. The summed E-state index contributed by atoms with van der Waals surface area (Å²) in [5.41, 5.74) is 5.00. The average molecular weight is 479 g/mol. The van der Waals surface area contributed by atoms with Crippen LogP contribution in [0.25, 0.3) is 0 Å². The zero-order chi connectivity index (χ0) is 24.9. The van der Waals surface area contributed by atoms with Crippen molar-refractivity contribution in [1.82, 2.24) is 5.16 Å². The molecule has 0 bridgehead atoms. The number of rotatable bonds is 8. The summed E-state index contributed by atoms with van der Waals surface area (Å²) in [5.74, 6) is 1.20. The molecule has 5 rings (SSSR count). The maximum absolute atomic E-state index is 13.5. The Bertz CT molecular complexity index is 1110. The van der Waals surface area contributed by atoms with Gasteiger partial charge in [-0.25, -0.2) is 0 Å². The molecule has 3 fully saturated rings. The van der Waals surface area contributed by atoms with Crippen LogP contribution in [0, 0.1) is 37.5 Å². The third-order valence-electron chi connectivity index (χ3n) is 8.42. The summed E-state index contributed by atoms with van der Waals surface area (Å²) in [6.45, 7) is 8.56. The van der Waals surface area contributed by atoms with Gasteiger partial charge in [-0.1, -0.05) is 36.7 Å². The minimum Gasteiger partial charge on any atom is -0.481 e. The Hall–Kier alpha value is -2.63.